The number of ketones is 1. The SMILES string of the molecule is CC(=O)C1=CCN(C)CC1.Cl. The fourth-order valence-corrected chi connectivity index (χ4v) is 1.09. The van der Waals surface area contributed by atoms with Gasteiger partial charge in [-0.05, 0) is 26.0 Å². The Hall–Kier alpha value is -0.340. The van der Waals surface area contributed by atoms with Gasteiger partial charge in [-0.25, -0.2) is 0 Å². The number of carbonyl (C=O) groups is 1. The average Bonchev–Trinajstić information content (AvgIpc) is 1.88. The Labute approximate surface area is 73.7 Å². The quantitative estimate of drug-likeness (QED) is 0.598. The van der Waals surface area contributed by atoms with Crippen molar-refractivity contribution in [3.05, 3.63) is 11.6 Å². The van der Waals surface area contributed by atoms with E-state index in [1.807, 2.05) is 6.08 Å². The molecule has 1 rings (SSSR count). The van der Waals surface area contributed by atoms with Crippen LogP contribution in [0.25, 0.3) is 0 Å². The molecular weight excluding hydrogens is 162 g/mol. The molecule has 11 heavy (non-hydrogen) atoms. The Kier molecular flexibility index (Phi) is 4.38. The zero-order chi connectivity index (χ0) is 7.56. The van der Waals surface area contributed by atoms with E-state index in [9.17, 15) is 4.79 Å². The lowest BCUT2D eigenvalue weighted by molar-refractivity contribution is -0.113. The standard InChI is InChI=1S/C8H13NO.ClH/c1-7(10)8-3-5-9(2)6-4-8;/h3H,4-6H2,1-2H3;1H. The minimum Gasteiger partial charge on any atom is -0.302 e. The van der Waals surface area contributed by atoms with Gasteiger partial charge in [0.25, 0.3) is 0 Å². The normalized spacial score (nSPS) is 18.5. The topological polar surface area (TPSA) is 20.3 Å². The summed E-state index contributed by atoms with van der Waals surface area (Å²) in [4.78, 5) is 13.0. The molecule has 0 saturated heterocycles. The Morgan fingerprint density at radius 3 is 2.64 bits per heavy atom. The first-order valence-corrected chi connectivity index (χ1v) is 3.58. The van der Waals surface area contributed by atoms with Gasteiger partial charge in [0.2, 0.25) is 0 Å². The Morgan fingerprint density at radius 2 is 2.27 bits per heavy atom. The summed E-state index contributed by atoms with van der Waals surface area (Å²) in [5.41, 5.74) is 0.998. The Morgan fingerprint density at radius 1 is 1.64 bits per heavy atom. The lowest BCUT2D eigenvalue weighted by atomic mass is 10.1. The number of halogens is 1. The molecule has 64 valence electrons. The smallest absolute Gasteiger partial charge is 0.155 e. The van der Waals surface area contributed by atoms with Crippen LogP contribution in [0.15, 0.2) is 11.6 Å². The number of nitrogens with zero attached hydrogens (tertiary/aromatic N) is 1. The molecule has 2 nitrogen and oxygen atoms in total. The maximum absolute atomic E-state index is 10.8. The van der Waals surface area contributed by atoms with Crippen LogP contribution in [0.2, 0.25) is 0 Å². The van der Waals surface area contributed by atoms with Crippen molar-refractivity contribution in [2.75, 3.05) is 20.1 Å². The fraction of sp³-hybridized carbons (Fsp3) is 0.625. The average molecular weight is 176 g/mol. The summed E-state index contributed by atoms with van der Waals surface area (Å²) in [7, 11) is 2.06. The fourth-order valence-electron chi connectivity index (χ4n) is 1.09. The summed E-state index contributed by atoms with van der Waals surface area (Å²) in [6, 6.07) is 0. The minimum absolute atomic E-state index is 0. The maximum Gasteiger partial charge on any atom is 0.155 e. The van der Waals surface area contributed by atoms with Crippen LogP contribution in [0.1, 0.15) is 13.3 Å². The van der Waals surface area contributed by atoms with Crippen LogP contribution in [-0.2, 0) is 4.79 Å². The summed E-state index contributed by atoms with van der Waals surface area (Å²) in [6.45, 7) is 3.58. The zero-order valence-corrected chi connectivity index (χ0v) is 7.78. The zero-order valence-electron chi connectivity index (χ0n) is 6.96. The van der Waals surface area contributed by atoms with Gasteiger partial charge in [0, 0.05) is 13.1 Å². The van der Waals surface area contributed by atoms with Crippen LogP contribution in [0.5, 0.6) is 0 Å². The number of rotatable bonds is 1. The monoisotopic (exact) mass is 175 g/mol. The van der Waals surface area contributed by atoms with Crippen molar-refractivity contribution < 1.29 is 4.79 Å². The van der Waals surface area contributed by atoms with E-state index in [1.165, 1.54) is 0 Å². The molecule has 0 aromatic heterocycles. The third-order valence-electron chi connectivity index (χ3n) is 1.86. The number of Topliss-reactive ketones (excluding diaryl/α,β-unsaturated/α-hetero) is 1. The largest absolute Gasteiger partial charge is 0.302 e. The highest BCUT2D eigenvalue weighted by molar-refractivity contribution is 5.93. The first kappa shape index (κ1) is 10.7. The Balaban J connectivity index is 0.000001000. The van der Waals surface area contributed by atoms with Gasteiger partial charge in [0.05, 0.1) is 0 Å². The molecule has 0 unspecified atom stereocenters. The highest BCUT2D eigenvalue weighted by atomic mass is 35.5. The van der Waals surface area contributed by atoms with Gasteiger partial charge < -0.3 is 4.90 Å². The van der Waals surface area contributed by atoms with E-state index in [0.29, 0.717) is 0 Å². The van der Waals surface area contributed by atoms with Gasteiger partial charge in [-0.15, -0.1) is 12.4 Å². The van der Waals surface area contributed by atoms with Crippen molar-refractivity contribution in [1.29, 1.82) is 0 Å². The van der Waals surface area contributed by atoms with Gasteiger partial charge in [0.1, 0.15) is 0 Å². The molecule has 0 fully saturated rings. The third-order valence-corrected chi connectivity index (χ3v) is 1.86. The van der Waals surface area contributed by atoms with E-state index in [0.717, 1.165) is 25.1 Å². The number of carbonyl (C=O) groups excluding carboxylic acids is 1. The maximum atomic E-state index is 10.8. The Bertz CT molecular complexity index is 177. The molecule has 0 radical (unpaired) electrons. The minimum atomic E-state index is 0. The van der Waals surface area contributed by atoms with Crippen molar-refractivity contribution in [3.63, 3.8) is 0 Å². The number of hydrogen-bond donors (Lipinski definition) is 0. The molecule has 1 aliphatic heterocycles. The predicted molar refractivity (Wildman–Crippen MR) is 48.1 cm³/mol. The van der Waals surface area contributed by atoms with Crippen molar-refractivity contribution in [1.82, 2.24) is 4.90 Å². The van der Waals surface area contributed by atoms with Crippen LogP contribution < -0.4 is 0 Å². The molecule has 0 bridgehead atoms. The van der Waals surface area contributed by atoms with E-state index in [2.05, 4.69) is 11.9 Å². The molecular formula is C8H14ClNO. The molecule has 1 aliphatic rings. The van der Waals surface area contributed by atoms with Gasteiger partial charge in [-0.1, -0.05) is 6.08 Å². The van der Waals surface area contributed by atoms with Crippen molar-refractivity contribution in [3.8, 4) is 0 Å². The summed E-state index contributed by atoms with van der Waals surface area (Å²) >= 11 is 0. The predicted octanol–water partition coefficient (Wildman–Crippen LogP) is 1.26. The van der Waals surface area contributed by atoms with E-state index < -0.39 is 0 Å². The lowest BCUT2D eigenvalue weighted by Crippen LogP contribution is -2.25. The van der Waals surface area contributed by atoms with E-state index >= 15 is 0 Å². The molecule has 0 aromatic rings. The molecule has 0 aromatic carbocycles. The molecule has 1 heterocycles. The second-order valence-electron chi connectivity index (χ2n) is 2.80. The van der Waals surface area contributed by atoms with E-state index in [4.69, 9.17) is 0 Å². The first-order valence-electron chi connectivity index (χ1n) is 3.58. The molecule has 0 amide bonds. The summed E-state index contributed by atoms with van der Waals surface area (Å²) in [6.07, 6.45) is 2.94. The van der Waals surface area contributed by atoms with Gasteiger partial charge in [-0.2, -0.15) is 0 Å². The van der Waals surface area contributed by atoms with Crippen LogP contribution >= 0.6 is 12.4 Å². The highest BCUT2D eigenvalue weighted by Gasteiger charge is 2.09. The molecule has 0 atom stereocenters. The molecule has 3 heteroatoms. The summed E-state index contributed by atoms with van der Waals surface area (Å²) in [5.74, 6) is 0.230. The molecule has 0 aliphatic carbocycles. The first-order chi connectivity index (χ1) is 4.70. The summed E-state index contributed by atoms with van der Waals surface area (Å²) in [5, 5.41) is 0. The van der Waals surface area contributed by atoms with Crippen molar-refractivity contribution in [2.45, 2.75) is 13.3 Å². The molecule has 0 spiro atoms. The molecule has 0 saturated carbocycles. The van der Waals surface area contributed by atoms with E-state index in [1.54, 1.807) is 6.92 Å². The van der Waals surface area contributed by atoms with Crippen LogP contribution in [0.3, 0.4) is 0 Å². The van der Waals surface area contributed by atoms with Crippen LogP contribution in [0.4, 0.5) is 0 Å². The van der Waals surface area contributed by atoms with Gasteiger partial charge in [-0.3, -0.25) is 4.79 Å². The second-order valence-corrected chi connectivity index (χ2v) is 2.80. The number of likely N-dealkylation sites (N-methyl/N-ethyl adjacent to an activating group) is 1. The third kappa shape index (κ3) is 3.04. The summed E-state index contributed by atoms with van der Waals surface area (Å²) < 4.78 is 0. The highest BCUT2D eigenvalue weighted by Crippen LogP contribution is 2.09. The molecule has 0 N–H and O–H groups in total. The van der Waals surface area contributed by atoms with Crippen LogP contribution in [0, 0.1) is 0 Å². The second kappa shape index (κ2) is 4.52. The lowest BCUT2D eigenvalue weighted by Gasteiger charge is -2.20. The van der Waals surface area contributed by atoms with Gasteiger partial charge in [0.15, 0.2) is 5.78 Å². The van der Waals surface area contributed by atoms with Crippen molar-refractivity contribution >= 4 is 18.2 Å². The van der Waals surface area contributed by atoms with Crippen molar-refractivity contribution in [2.24, 2.45) is 0 Å². The van der Waals surface area contributed by atoms with Gasteiger partial charge >= 0.3 is 0 Å². The van der Waals surface area contributed by atoms with E-state index in [-0.39, 0.29) is 18.2 Å². The number of hydrogen-bond acceptors (Lipinski definition) is 2. The van der Waals surface area contributed by atoms with Crippen LogP contribution in [-0.4, -0.2) is 30.8 Å².